The molecule has 4 aromatic rings. The highest BCUT2D eigenvalue weighted by Gasteiger charge is 2.32. The molecular formula is C23H19FN6O4S. The molecule has 35 heavy (non-hydrogen) atoms. The van der Waals surface area contributed by atoms with E-state index in [4.69, 9.17) is 4.74 Å². The van der Waals surface area contributed by atoms with Crippen molar-refractivity contribution in [1.29, 1.82) is 0 Å². The number of thiazole rings is 1. The highest BCUT2D eigenvalue weighted by Crippen LogP contribution is 2.27. The number of benzene rings is 2. The average Bonchev–Trinajstić information content (AvgIpc) is 3.55. The number of aromatic nitrogens is 3. The van der Waals surface area contributed by atoms with E-state index in [1.807, 2.05) is 24.3 Å². The quantitative estimate of drug-likeness (QED) is 0.425. The van der Waals surface area contributed by atoms with E-state index >= 15 is 0 Å². The zero-order chi connectivity index (χ0) is 24.5. The largest absolute Gasteiger partial charge is 0.442 e. The van der Waals surface area contributed by atoms with Gasteiger partial charge in [-0.05, 0) is 30.3 Å². The van der Waals surface area contributed by atoms with E-state index in [1.165, 1.54) is 52.4 Å². The molecule has 1 atom stereocenters. The number of carbonyl (C=O) groups is 3. The van der Waals surface area contributed by atoms with Crippen LogP contribution in [0.15, 0.2) is 55.0 Å². The molecule has 3 amide bonds. The van der Waals surface area contributed by atoms with Gasteiger partial charge in [-0.2, -0.15) is 0 Å². The van der Waals surface area contributed by atoms with Gasteiger partial charge in [-0.15, -0.1) is 0 Å². The standard InChI is InChI=1S/C23H19FN6O4S/c1-13(31)25-9-15-10-30(23(33)34-15)14-6-7-19(16(24)8-14)29-11-18(26-12-29)21(32)28-22-27-17-4-2-3-5-20(17)35-22/h2-8,11-12,15H,9-10H2,1H3,(H,25,31)(H,27,28,32)/t15-/m0/s1. The van der Waals surface area contributed by atoms with Gasteiger partial charge >= 0.3 is 6.09 Å². The van der Waals surface area contributed by atoms with Crippen LogP contribution in [0, 0.1) is 5.82 Å². The number of rotatable bonds is 6. The maximum absolute atomic E-state index is 14.9. The Morgan fingerprint density at radius 3 is 2.86 bits per heavy atom. The van der Waals surface area contributed by atoms with E-state index in [0.29, 0.717) is 10.8 Å². The van der Waals surface area contributed by atoms with Gasteiger partial charge in [-0.1, -0.05) is 23.5 Å². The maximum Gasteiger partial charge on any atom is 0.414 e. The minimum atomic E-state index is -0.621. The van der Waals surface area contributed by atoms with Crippen molar-refractivity contribution >= 4 is 50.3 Å². The third-order valence-electron chi connectivity index (χ3n) is 5.30. The first-order valence-corrected chi connectivity index (χ1v) is 11.4. The molecule has 1 aliphatic heterocycles. The van der Waals surface area contributed by atoms with Crippen LogP contribution in [-0.2, 0) is 9.53 Å². The molecule has 2 aromatic heterocycles. The van der Waals surface area contributed by atoms with Crippen molar-refractivity contribution in [2.75, 3.05) is 23.3 Å². The van der Waals surface area contributed by atoms with Crippen LogP contribution in [-0.4, -0.2) is 51.6 Å². The summed E-state index contributed by atoms with van der Waals surface area (Å²) in [6.07, 6.45) is 1.59. The number of imidazole rings is 1. The van der Waals surface area contributed by atoms with Crippen molar-refractivity contribution in [1.82, 2.24) is 19.9 Å². The molecule has 5 rings (SSSR count). The number of hydrogen-bond donors (Lipinski definition) is 2. The summed E-state index contributed by atoms with van der Waals surface area (Å²) in [4.78, 5) is 45.6. The number of halogens is 1. The maximum atomic E-state index is 14.9. The highest BCUT2D eigenvalue weighted by atomic mass is 32.1. The Morgan fingerprint density at radius 1 is 1.26 bits per heavy atom. The van der Waals surface area contributed by atoms with Crippen molar-refractivity contribution in [3.05, 3.63) is 66.5 Å². The monoisotopic (exact) mass is 494 g/mol. The minimum Gasteiger partial charge on any atom is -0.442 e. The lowest BCUT2D eigenvalue weighted by Gasteiger charge is -2.14. The third-order valence-corrected chi connectivity index (χ3v) is 6.26. The van der Waals surface area contributed by atoms with Gasteiger partial charge in [0, 0.05) is 13.1 Å². The number of carbonyl (C=O) groups excluding carboxylic acids is 3. The second kappa shape index (κ2) is 9.14. The predicted molar refractivity (Wildman–Crippen MR) is 127 cm³/mol. The van der Waals surface area contributed by atoms with Crippen LogP contribution in [0.2, 0.25) is 0 Å². The first-order chi connectivity index (χ1) is 16.9. The number of nitrogens with zero attached hydrogens (tertiary/aromatic N) is 4. The van der Waals surface area contributed by atoms with Gasteiger partial charge in [0.25, 0.3) is 5.91 Å². The topological polar surface area (TPSA) is 118 Å². The van der Waals surface area contributed by atoms with Gasteiger partial charge in [0.15, 0.2) is 5.13 Å². The van der Waals surface area contributed by atoms with E-state index in [-0.39, 0.29) is 30.4 Å². The molecule has 1 fully saturated rings. The van der Waals surface area contributed by atoms with Crippen molar-refractivity contribution in [3.8, 4) is 5.69 Å². The summed E-state index contributed by atoms with van der Waals surface area (Å²) in [7, 11) is 0. The van der Waals surface area contributed by atoms with Gasteiger partial charge in [0.05, 0.1) is 34.7 Å². The fourth-order valence-corrected chi connectivity index (χ4v) is 4.49. The Labute approximate surface area is 202 Å². The Kier molecular flexibility index (Phi) is 5.87. The predicted octanol–water partition coefficient (Wildman–Crippen LogP) is 3.33. The molecule has 178 valence electrons. The fraction of sp³-hybridized carbons (Fsp3) is 0.174. The number of cyclic esters (lactones) is 1. The molecule has 10 nitrogen and oxygen atoms in total. The molecule has 2 aromatic carbocycles. The highest BCUT2D eigenvalue weighted by molar-refractivity contribution is 7.22. The summed E-state index contributed by atoms with van der Waals surface area (Å²) in [6.45, 7) is 1.73. The first kappa shape index (κ1) is 22.5. The van der Waals surface area contributed by atoms with E-state index in [1.54, 1.807) is 6.07 Å². The number of amides is 3. The second-order valence-electron chi connectivity index (χ2n) is 7.80. The van der Waals surface area contributed by atoms with Gasteiger partial charge in [0.2, 0.25) is 5.91 Å². The van der Waals surface area contributed by atoms with Crippen LogP contribution in [0.3, 0.4) is 0 Å². The van der Waals surface area contributed by atoms with Gasteiger partial charge in [-0.25, -0.2) is 19.2 Å². The Morgan fingerprint density at radius 2 is 2.09 bits per heavy atom. The molecule has 1 saturated heterocycles. The lowest BCUT2D eigenvalue weighted by molar-refractivity contribution is -0.119. The summed E-state index contributed by atoms with van der Waals surface area (Å²) in [5.74, 6) is -1.32. The van der Waals surface area contributed by atoms with Crippen LogP contribution in [0.5, 0.6) is 0 Å². The molecule has 0 unspecified atom stereocenters. The van der Waals surface area contributed by atoms with E-state index in [9.17, 15) is 18.8 Å². The number of nitrogens with one attached hydrogen (secondary N) is 2. The Bertz CT molecular complexity index is 1420. The zero-order valence-corrected chi connectivity index (χ0v) is 19.2. The molecule has 0 saturated carbocycles. The lowest BCUT2D eigenvalue weighted by atomic mass is 10.2. The average molecular weight is 495 g/mol. The zero-order valence-electron chi connectivity index (χ0n) is 18.4. The second-order valence-corrected chi connectivity index (χ2v) is 8.83. The Balaban J connectivity index is 1.29. The summed E-state index contributed by atoms with van der Waals surface area (Å²) in [5.41, 5.74) is 1.35. The number of anilines is 2. The molecule has 0 aliphatic carbocycles. The van der Waals surface area contributed by atoms with E-state index < -0.39 is 23.9 Å². The molecule has 2 N–H and O–H groups in total. The van der Waals surface area contributed by atoms with Gasteiger partial charge in [-0.3, -0.25) is 19.8 Å². The molecule has 0 bridgehead atoms. The normalized spacial score (nSPS) is 15.3. The number of ether oxygens (including phenoxy) is 1. The number of hydrogen-bond acceptors (Lipinski definition) is 7. The van der Waals surface area contributed by atoms with Gasteiger partial charge in [0.1, 0.15) is 23.9 Å². The number of fused-ring (bicyclic) bond motifs is 1. The molecule has 3 heterocycles. The van der Waals surface area contributed by atoms with Crippen LogP contribution >= 0.6 is 11.3 Å². The lowest BCUT2D eigenvalue weighted by Crippen LogP contribution is -2.33. The van der Waals surface area contributed by atoms with Crippen LogP contribution in [0.1, 0.15) is 17.4 Å². The van der Waals surface area contributed by atoms with Crippen LogP contribution in [0.4, 0.5) is 20.0 Å². The smallest absolute Gasteiger partial charge is 0.414 e. The minimum absolute atomic E-state index is 0.0941. The summed E-state index contributed by atoms with van der Waals surface area (Å²) in [5, 5.41) is 5.75. The fourth-order valence-electron chi connectivity index (χ4n) is 3.63. The summed E-state index contributed by atoms with van der Waals surface area (Å²) < 4.78 is 22.5. The molecular weight excluding hydrogens is 475 g/mol. The first-order valence-electron chi connectivity index (χ1n) is 10.6. The van der Waals surface area contributed by atoms with Crippen molar-refractivity contribution in [3.63, 3.8) is 0 Å². The summed E-state index contributed by atoms with van der Waals surface area (Å²) >= 11 is 1.34. The SMILES string of the molecule is CC(=O)NC[C@H]1CN(c2ccc(-n3cnc(C(=O)Nc4nc5ccccc5s4)c3)c(F)c2)C(=O)O1. The van der Waals surface area contributed by atoms with Crippen LogP contribution in [0.25, 0.3) is 15.9 Å². The van der Waals surface area contributed by atoms with Crippen molar-refractivity contribution < 1.29 is 23.5 Å². The van der Waals surface area contributed by atoms with E-state index in [2.05, 4.69) is 20.6 Å². The Hall–Kier alpha value is -4.32. The molecule has 0 radical (unpaired) electrons. The van der Waals surface area contributed by atoms with Crippen molar-refractivity contribution in [2.24, 2.45) is 0 Å². The van der Waals surface area contributed by atoms with Gasteiger partial charge < -0.3 is 14.6 Å². The molecule has 0 spiro atoms. The number of para-hydroxylation sites is 1. The molecule has 12 heteroatoms. The van der Waals surface area contributed by atoms with Crippen molar-refractivity contribution in [2.45, 2.75) is 13.0 Å². The van der Waals surface area contributed by atoms with Crippen LogP contribution < -0.4 is 15.5 Å². The molecule has 1 aliphatic rings. The van der Waals surface area contributed by atoms with E-state index in [0.717, 1.165) is 10.2 Å². The summed E-state index contributed by atoms with van der Waals surface area (Å²) in [6, 6.07) is 11.8. The third kappa shape index (κ3) is 4.68.